The number of fused-ring (bicyclic) bond motifs is 1. The maximum atomic E-state index is 12.1. The van der Waals surface area contributed by atoms with Crippen LogP contribution < -0.4 is 5.32 Å². The highest BCUT2D eigenvalue weighted by molar-refractivity contribution is 8.00. The van der Waals surface area contributed by atoms with Crippen LogP contribution in [-0.2, 0) is 4.79 Å². The van der Waals surface area contributed by atoms with Crippen molar-refractivity contribution in [3.05, 3.63) is 24.3 Å². The molecule has 2 heterocycles. The van der Waals surface area contributed by atoms with Crippen molar-refractivity contribution in [2.24, 2.45) is 0 Å². The third-order valence-corrected chi connectivity index (χ3v) is 4.68. The molecule has 90 valence electrons. The molecule has 3 rings (SSSR count). The first-order chi connectivity index (χ1) is 8.34. The predicted octanol–water partition coefficient (Wildman–Crippen LogP) is 2.54. The van der Waals surface area contributed by atoms with Crippen molar-refractivity contribution in [2.45, 2.75) is 29.5 Å². The third kappa shape index (κ3) is 2.19. The van der Waals surface area contributed by atoms with Crippen LogP contribution >= 0.6 is 11.8 Å². The van der Waals surface area contributed by atoms with Gasteiger partial charge in [-0.3, -0.25) is 9.69 Å². The highest BCUT2D eigenvalue weighted by Gasteiger charge is 2.32. The second-order valence-corrected chi connectivity index (χ2v) is 5.67. The molecule has 17 heavy (non-hydrogen) atoms. The van der Waals surface area contributed by atoms with Crippen molar-refractivity contribution in [3.8, 4) is 0 Å². The summed E-state index contributed by atoms with van der Waals surface area (Å²) in [6, 6.07) is 8.03. The zero-order chi connectivity index (χ0) is 11.7. The fraction of sp³-hybridized carbons (Fsp3) is 0.462. The molecule has 1 unspecified atom stereocenters. The number of para-hydroxylation sites is 1. The van der Waals surface area contributed by atoms with E-state index in [2.05, 4.69) is 16.3 Å². The number of piperidine rings is 1. The predicted molar refractivity (Wildman–Crippen MR) is 70.1 cm³/mol. The number of amides is 1. The number of nitrogens with one attached hydrogen (secondary N) is 1. The van der Waals surface area contributed by atoms with Crippen LogP contribution in [0.25, 0.3) is 0 Å². The van der Waals surface area contributed by atoms with Crippen molar-refractivity contribution in [1.82, 2.24) is 4.90 Å². The van der Waals surface area contributed by atoms with Gasteiger partial charge in [0.15, 0.2) is 0 Å². The lowest BCUT2D eigenvalue weighted by Gasteiger charge is -2.35. The molecule has 1 aromatic carbocycles. The minimum atomic E-state index is -0.0369. The van der Waals surface area contributed by atoms with Crippen LogP contribution in [0, 0.1) is 0 Å². The first-order valence-electron chi connectivity index (χ1n) is 6.15. The van der Waals surface area contributed by atoms with Crippen LogP contribution in [-0.4, -0.2) is 29.3 Å². The fourth-order valence-corrected chi connectivity index (χ4v) is 3.60. The van der Waals surface area contributed by atoms with E-state index in [1.165, 1.54) is 24.2 Å². The molecule has 0 aliphatic carbocycles. The molecule has 1 atom stereocenters. The Morgan fingerprint density at radius 1 is 1.18 bits per heavy atom. The number of likely N-dealkylation sites (tertiary alicyclic amines) is 1. The molecule has 1 aromatic rings. The molecule has 3 nitrogen and oxygen atoms in total. The summed E-state index contributed by atoms with van der Waals surface area (Å²) < 4.78 is 0. The first kappa shape index (κ1) is 11.1. The first-order valence-corrected chi connectivity index (χ1v) is 7.03. The van der Waals surface area contributed by atoms with Gasteiger partial charge in [0.1, 0.15) is 5.37 Å². The Kier molecular flexibility index (Phi) is 3.07. The van der Waals surface area contributed by atoms with Gasteiger partial charge in [0.25, 0.3) is 5.91 Å². The summed E-state index contributed by atoms with van der Waals surface area (Å²) in [4.78, 5) is 15.6. The van der Waals surface area contributed by atoms with Gasteiger partial charge in [-0.25, -0.2) is 0 Å². The van der Waals surface area contributed by atoms with E-state index in [-0.39, 0.29) is 11.3 Å². The minimum Gasteiger partial charge on any atom is -0.323 e. The average Bonchev–Trinajstić information content (AvgIpc) is 2.39. The third-order valence-electron chi connectivity index (χ3n) is 3.33. The van der Waals surface area contributed by atoms with Crippen LogP contribution in [0.4, 0.5) is 5.69 Å². The molecular weight excluding hydrogens is 232 g/mol. The topological polar surface area (TPSA) is 32.3 Å². The summed E-state index contributed by atoms with van der Waals surface area (Å²) in [5.74, 6) is 0.135. The lowest BCUT2D eigenvalue weighted by atomic mass is 10.1. The zero-order valence-electron chi connectivity index (χ0n) is 9.69. The van der Waals surface area contributed by atoms with E-state index < -0.39 is 0 Å². The number of anilines is 1. The molecule has 0 aromatic heterocycles. The molecular formula is C13H16N2OS. The number of rotatable bonds is 1. The van der Waals surface area contributed by atoms with Gasteiger partial charge in [0.05, 0.1) is 5.69 Å². The molecule has 1 amide bonds. The lowest BCUT2D eigenvalue weighted by molar-refractivity contribution is -0.118. The molecule has 1 saturated heterocycles. The summed E-state index contributed by atoms with van der Waals surface area (Å²) >= 11 is 1.69. The Balaban J connectivity index is 1.81. The number of carbonyl (C=O) groups excluding carboxylic acids is 1. The highest BCUT2D eigenvalue weighted by Crippen LogP contribution is 2.37. The van der Waals surface area contributed by atoms with Crippen LogP contribution in [0.3, 0.4) is 0 Å². The summed E-state index contributed by atoms with van der Waals surface area (Å²) in [6.45, 7) is 2.10. The molecule has 2 aliphatic heterocycles. The number of thioether (sulfide) groups is 1. The van der Waals surface area contributed by atoms with Gasteiger partial charge in [0.2, 0.25) is 0 Å². The average molecular weight is 248 g/mol. The lowest BCUT2D eigenvalue weighted by Crippen LogP contribution is -2.45. The van der Waals surface area contributed by atoms with E-state index in [4.69, 9.17) is 0 Å². The van der Waals surface area contributed by atoms with Crippen molar-refractivity contribution in [3.63, 3.8) is 0 Å². The number of hydrogen-bond acceptors (Lipinski definition) is 3. The SMILES string of the molecule is O=C1Nc2ccccc2SC1N1CCCCC1. The Labute approximate surface area is 106 Å². The van der Waals surface area contributed by atoms with Gasteiger partial charge in [-0.1, -0.05) is 30.3 Å². The van der Waals surface area contributed by atoms with Gasteiger partial charge >= 0.3 is 0 Å². The van der Waals surface area contributed by atoms with Crippen LogP contribution in [0.15, 0.2) is 29.2 Å². The van der Waals surface area contributed by atoms with Gasteiger partial charge in [-0.2, -0.15) is 0 Å². The van der Waals surface area contributed by atoms with Crippen molar-refractivity contribution in [1.29, 1.82) is 0 Å². The number of benzene rings is 1. The largest absolute Gasteiger partial charge is 0.323 e. The second-order valence-electron chi connectivity index (χ2n) is 4.55. The number of nitrogens with zero attached hydrogens (tertiary/aromatic N) is 1. The van der Waals surface area contributed by atoms with E-state index in [9.17, 15) is 4.79 Å². The normalized spacial score (nSPS) is 25.2. The standard InChI is InChI=1S/C13H16N2OS/c16-12-13(15-8-4-1-5-9-15)17-11-7-3-2-6-10(11)14-12/h2-3,6-7,13H,1,4-5,8-9H2,(H,14,16). The van der Waals surface area contributed by atoms with Crippen molar-refractivity contribution < 1.29 is 4.79 Å². The summed E-state index contributed by atoms with van der Waals surface area (Å²) in [5.41, 5.74) is 0.954. The van der Waals surface area contributed by atoms with E-state index in [1.807, 2.05) is 18.2 Å². The van der Waals surface area contributed by atoms with Crippen molar-refractivity contribution in [2.75, 3.05) is 18.4 Å². The fourth-order valence-electron chi connectivity index (χ4n) is 2.43. The summed E-state index contributed by atoms with van der Waals surface area (Å²) in [6.07, 6.45) is 3.73. The minimum absolute atomic E-state index is 0.0369. The van der Waals surface area contributed by atoms with E-state index in [0.29, 0.717) is 0 Å². The Morgan fingerprint density at radius 2 is 1.94 bits per heavy atom. The van der Waals surface area contributed by atoms with Gasteiger partial charge in [0, 0.05) is 4.90 Å². The summed E-state index contributed by atoms with van der Waals surface area (Å²) in [7, 11) is 0. The maximum Gasteiger partial charge on any atom is 0.252 e. The van der Waals surface area contributed by atoms with Gasteiger partial charge in [-0.15, -0.1) is 0 Å². The summed E-state index contributed by atoms with van der Waals surface area (Å²) in [5, 5.41) is 2.97. The Morgan fingerprint density at radius 3 is 2.76 bits per heavy atom. The molecule has 0 bridgehead atoms. The van der Waals surface area contributed by atoms with Gasteiger partial charge < -0.3 is 5.32 Å². The molecule has 0 spiro atoms. The van der Waals surface area contributed by atoms with E-state index in [0.717, 1.165) is 18.8 Å². The Hall–Kier alpha value is -1.00. The molecule has 0 saturated carbocycles. The smallest absolute Gasteiger partial charge is 0.252 e. The molecule has 1 N–H and O–H groups in total. The molecule has 0 radical (unpaired) electrons. The highest BCUT2D eigenvalue weighted by atomic mass is 32.2. The second kappa shape index (κ2) is 4.70. The van der Waals surface area contributed by atoms with Gasteiger partial charge in [-0.05, 0) is 38.1 Å². The van der Waals surface area contributed by atoms with E-state index in [1.54, 1.807) is 11.8 Å². The van der Waals surface area contributed by atoms with Crippen molar-refractivity contribution >= 4 is 23.4 Å². The zero-order valence-corrected chi connectivity index (χ0v) is 10.5. The number of carbonyl (C=O) groups is 1. The van der Waals surface area contributed by atoms with Crippen LogP contribution in [0.1, 0.15) is 19.3 Å². The monoisotopic (exact) mass is 248 g/mol. The molecule has 1 fully saturated rings. The Bertz CT molecular complexity index is 429. The van der Waals surface area contributed by atoms with Crippen LogP contribution in [0.5, 0.6) is 0 Å². The maximum absolute atomic E-state index is 12.1. The van der Waals surface area contributed by atoms with Crippen LogP contribution in [0.2, 0.25) is 0 Å². The number of hydrogen-bond donors (Lipinski definition) is 1. The molecule has 2 aliphatic rings. The van der Waals surface area contributed by atoms with E-state index >= 15 is 0 Å². The molecule has 4 heteroatoms. The quantitative estimate of drug-likeness (QED) is 0.829.